The Bertz CT molecular complexity index is 722. The van der Waals surface area contributed by atoms with Crippen LogP contribution in [-0.2, 0) is 10.0 Å². The topological polar surface area (TPSA) is 101 Å². The summed E-state index contributed by atoms with van der Waals surface area (Å²) in [7, 11) is -3.70. The molecule has 2 aromatic rings. The summed E-state index contributed by atoms with van der Waals surface area (Å²) >= 11 is 4.81. The number of aromatic nitrogens is 2. The second-order valence-corrected chi connectivity index (χ2v) is 6.07. The fourth-order valence-electron chi connectivity index (χ4n) is 1.53. The molecule has 0 bridgehead atoms. The van der Waals surface area contributed by atoms with Crippen LogP contribution in [0.15, 0.2) is 35.4 Å². The summed E-state index contributed by atoms with van der Waals surface area (Å²) in [5, 5.41) is 6.24. The molecule has 0 amide bonds. The van der Waals surface area contributed by atoms with E-state index >= 15 is 0 Å². The van der Waals surface area contributed by atoms with Crippen molar-refractivity contribution in [2.75, 3.05) is 4.72 Å². The highest BCUT2D eigenvalue weighted by atomic mass is 32.2. The normalized spacial score (nSPS) is 11.2. The number of aryl methyl sites for hydroxylation is 1. The standard InChI is InChI=1S/C11H12N4O2S2/c1-7-3-2-4-8(5-7)19(16,17)15-11-9(10(12)18)6-13-14-11/h2-6H,1H3,(H2,12,18)(H2,13,14,15). The lowest BCUT2D eigenvalue weighted by molar-refractivity contribution is 0.601. The van der Waals surface area contributed by atoms with E-state index in [0.29, 0.717) is 5.56 Å². The minimum absolute atomic E-state index is 0.0655. The first-order chi connectivity index (χ1) is 8.90. The quantitative estimate of drug-likeness (QED) is 0.735. The van der Waals surface area contributed by atoms with Gasteiger partial charge in [0.25, 0.3) is 10.0 Å². The number of rotatable bonds is 4. The third-order valence-corrected chi connectivity index (χ3v) is 4.01. The van der Waals surface area contributed by atoms with Gasteiger partial charge in [0.2, 0.25) is 0 Å². The lowest BCUT2D eigenvalue weighted by Gasteiger charge is -2.08. The molecule has 8 heteroatoms. The van der Waals surface area contributed by atoms with Crippen LogP contribution < -0.4 is 10.5 Å². The number of benzene rings is 1. The maximum Gasteiger partial charge on any atom is 0.263 e. The van der Waals surface area contributed by atoms with Crippen molar-refractivity contribution in [3.63, 3.8) is 0 Å². The second kappa shape index (κ2) is 4.98. The summed E-state index contributed by atoms with van der Waals surface area (Å²) in [6.45, 7) is 1.82. The number of anilines is 1. The van der Waals surface area contributed by atoms with Gasteiger partial charge in [0.05, 0.1) is 16.7 Å². The summed E-state index contributed by atoms with van der Waals surface area (Å²) in [5.74, 6) is 0.161. The SMILES string of the molecule is Cc1cccc(S(=O)(=O)Nc2[nH]ncc2C(N)=S)c1. The van der Waals surface area contributed by atoms with Crippen LogP contribution in [0.3, 0.4) is 0 Å². The highest BCUT2D eigenvalue weighted by Crippen LogP contribution is 2.18. The second-order valence-electron chi connectivity index (χ2n) is 3.94. The van der Waals surface area contributed by atoms with Gasteiger partial charge in [-0.25, -0.2) is 8.42 Å². The molecule has 100 valence electrons. The van der Waals surface area contributed by atoms with Gasteiger partial charge in [-0.1, -0.05) is 24.4 Å². The number of aromatic amines is 1. The first-order valence-electron chi connectivity index (χ1n) is 5.33. The average molecular weight is 296 g/mol. The average Bonchev–Trinajstić information content (AvgIpc) is 2.76. The molecular weight excluding hydrogens is 284 g/mol. The molecule has 0 aliphatic rings. The van der Waals surface area contributed by atoms with Gasteiger partial charge in [0.1, 0.15) is 10.8 Å². The van der Waals surface area contributed by atoms with Crippen LogP contribution in [0.25, 0.3) is 0 Å². The van der Waals surface area contributed by atoms with Crippen LogP contribution in [0, 0.1) is 6.92 Å². The Hall–Kier alpha value is -1.93. The number of hydrogen-bond donors (Lipinski definition) is 3. The Labute approximate surface area is 116 Å². The molecule has 2 rings (SSSR count). The molecule has 1 heterocycles. The maximum absolute atomic E-state index is 12.2. The molecule has 0 saturated heterocycles. The molecule has 1 aromatic heterocycles. The predicted octanol–water partition coefficient (Wildman–Crippen LogP) is 1.15. The van der Waals surface area contributed by atoms with Gasteiger partial charge in [-0.3, -0.25) is 9.82 Å². The van der Waals surface area contributed by atoms with E-state index < -0.39 is 10.0 Å². The van der Waals surface area contributed by atoms with Crippen LogP contribution in [0.2, 0.25) is 0 Å². The molecule has 19 heavy (non-hydrogen) atoms. The number of nitrogens with two attached hydrogens (primary N) is 1. The summed E-state index contributed by atoms with van der Waals surface area (Å²) in [5.41, 5.74) is 6.68. The Balaban J connectivity index is 2.37. The minimum Gasteiger partial charge on any atom is -0.389 e. The molecule has 1 aromatic carbocycles. The zero-order valence-corrected chi connectivity index (χ0v) is 11.7. The number of H-pyrrole nitrogens is 1. The summed E-state index contributed by atoms with van der Waals surface area (Å²) < 4.78 is 26.7. The fourth-order valence-corrected chi connectivity index (χ4v) is 2.82. The number of hydrogen-bond acceptors (Lipinski definition) is 4. The molecule has 0 unspecified atom stereocenters. The van der Waals surface area contributed by atoms with Crippen molar-refractivity contribution in [2.24, 2.45) is 5.73 Å². The van der Waals surface area contributed by atoms with Crippen LogP contribution in [-0.4, -0.2) is 23.6 Å². The van der Waals surface area contributed by atoms with Gasteiger partial charge in [0, 0.05) is 0 Å². The molecular formula is C11H12N4O2S2. The predicted molar refractivity (Wildman–Crippen MR) is 76.5 cm³/mol. The van der Waals surface area contributed by atoms with E-state index in [2.05, 4.69) is 14.9 Å². The fraction of sp³-hybridized carbons (Fsp3) is 0.0909. The van der Waals surface area contributed by atoms with Crippen molar-refractivity contribution in [3.8, 4) is 0 Å². The van der Waals surface area contributed by atoms with Crippen molar-refractivity contribution in [2.45, 2.75) is 11.8 Å². The van der Waals surface area contributed by atoms with Crippen molar-refractivity contribution in [1.82, 2.24) is 10.2 Å². The van der Waals surface area contributed by atoms with E-state index in [1.807, 2.05) is 13.0 Å². The van der Waals surface area contributed by atoms with Crippen LogP contribution >= 0.6 is 12.2 Å². The summed E-state index contributed by atoms with van der Waals surface area (Å²) in [4.78, 5) is 0.228. The number of nitrogens with one attached hydrogen (secondary N) is 2. The van der Waals surface area contributed by atoms with Gasteiger partial charge in [0.15, 0.2) is 0 Å². The Morgan fingerprint density at radius 2 is 2.21 bits per heavy atom. The first-order valence-corrected chi connectivity index (χ1v) is 7.22. The van der Waals surface area contributed by atoms with E-state index in [1.165, 1.54) is 12.3 Å². The van der Waals surface area contributed by atoms with E-state index in [0.717, 1.165) is 5.56 Å². The summed E-state index contributed by atoms with van der Waals surface area (Å²) in [6.07, 6.45) is 1.37. The maximum atomic E-state index is 12.2. The Morgan fingerprint density at radius 3 is 2.84 bits per heavy atom. The zero-order valence-electron chi connectivity index (χ0n) is 10.0. The smallest absolute Gasteiger partial charge is 0.263 e. The first kappa shape index (κ1) is 13.5. The lowest BCUT2D eigenvalue weighted by Crippen LogP contribution is -2.17. The monoisotopic (exact) mass is 296 g/mol. The molecule has 0 aliphatic heterocycles. The number of nitrogens with zero attached hydrogens (tertiary/aromatic N) is 1. The van der Waals surface area contributed by atoms with Crippen LogP contribution in [0.1, 0.15) is 11.1 Å². The zero-order chi connectivity index (χ0) is 14.0. The highest BCUT2D eigenvalue weighted by molar-refractivity contribution is 7.92. The molecule has 0 aliphatic carbocycles. The molecule has 4 N–H and O–H groups in total. The third-order valence-electron chi connectivity index (χ3n) is 2.44. The van der Waals surface area contributed by atoms with Gasteiger partial charge in [-0.2, -0.15) is 5.10 Å². The molecule has 0 saturated carbocycles. The van der Waals surface area contributed by atoms with E-state index in [1.54, 1.807) is 12.1 Å². The van der Waals surface area contributed by atoms with Crippen molar-refractivity contribution < 1.29 is 8.42 Å². The van der Waals surface area contributed by atoms with Crippen molar-refractivity contribution in [1.29, 1.82) is 0 Å². The van der Waals surface area contributed by atoms with Gasteiger partial charge in [-0.15, -0.1) is 0 Å². The highest BCUT2D eigenvalue weighted by Gasteiger charge is 2.18. The van der Waals surface area contributed by atoms with Crippen molar-refractivity contribution in [3.05, 3.63) is 41.6 Å². The van der Waals surface area contributed by atoms with E-state index in [9.17, 15) is 8.42 Å². The molecule has 6 nitrogen and oxygen atoms in total. The molecule has 0 radical (unpaired) electrons. The molecule has 0 atom stereocenters. The van der Waals surface area contributed by atoms with Gasteiger partial charge < -0.3 is 5.73 Å². The van der Waals surface area contributed by atoms with Crippen LogP contribution in [0.4, 0.5) is 5.82 Å². The molecule has 0 spiro atoms. The van der Waals surface area contributed by atoms with E-state index in [-0.39, 0.29) is 15.7 Å². The number of thiocarbonyl (C=S) groups is 1. The minimum atomic E-state index is -3.70. The van der Waals surface area contributed by atoms with Crippen LogP contribution in [0.5, 0.6) is 0 Å². The van der Waals surface area contributed by atoms with E-state index in [4.69, 9.17) is 18.0 Å². The Kier molecular flexibility index (Phi) is 3.54. The Morgan fingerprint density at radius 1 is 1.47 bits per heavy atom. The number of sulfonamides is 1. The third kappa shape index (κ3) is 2.91. The lowest BCUT2D eigenvalue weighted by atomic mass is 10.2. The summed E-state index contributed by atoms with van der Waals surface area (Å²) in [6, 6.07) is 6.56. The van der Waals surface area contributed by atoms with Gasteiger partial charge >= 0.3 is 0 Å². The van der Waals surface area contributed by atoms with Crippen molar-refractivity contribution >= 4 is 33.0 Å². The molecule has 0 fully saturated rings. The largest absolute Gasteiger partial charge is 0.389 e. The van der Waals surface area contributed by atoms with Gasteiger partial charge in [-0.05, 0) is 24.6 Å².